The third-order valence-corrected chi connectivity index (χ3v) is 3.26. The highest BCUT2D eigenvalue weighted by atomic mass is 32.1. The maximum absolute atomic E-state index is 4.69. The first-order chi connectivity index (χ1) is 6.16. The van der Waals surface area contributed by atoms with Gasteiger partial charge in [0.1, 0.15) is 5.01 Å². The SMILES string of the molecule is Cc1sc(CN(C)C)nc1C1CC1. The Kier molecular flexibility index (Phi) is 2.39. The van der Waals surface area contributed by atoms with Crippen LogP contribution in [0.15, 0.2) is 0 Å². The second kappa shape index (κ2) is 3.39. The Hall–Kier alpha value is -0.410. The summed E-state index contributed by atoms with van der Waals surface area (Å²) in [6, 6.07) is 0. The van der Waals surface area contributed by atoms with Crippen molar-refractivity contribution in [3.05, 3.63) is 15.6 Å². The van der Waals surface area contributed by atoms with Crippen LogP contribution in [-0.2, 0) is 6.54 Å². The van der Waals surface area contributed by atoms with E-state index in [1.54, 1.807) is 0 Å². The first kappa shape index (κ1) is 9.16. The molecule has 72 valence electrons. The zero-order valence-corrected chi connectivity index (χ0v) is 9.32. The second-order valence-corrected chi connectivity index (χ2v) is 5.35. The van der Waals surface area contributed by atoms with Crippen molar-refractivity contribution in [3.63, 3.8) is 0 Å². The van der Waals surface area contributed by atoms with E-state index in [1.165, 1.54) is 28.4 Å². The molecule has 0 amide bonds. The molecule has 2 nitrogen and oxygen atoms in total. The van der Waals surface area contributed by atoms with Gasteiger partial charge in [0, 0.05) is 17.3 Å². The third-order valence-electron chi connectivity index (χ3n) is 2.29. The van der Waals surface area contributed by atoms with Crippen LogP contribution in [0.3, 0.4) is 0 Å². The van der Waals surface area contributed by atoms with E-state index in [9.17, 15) is 0 Å². The quantitative estimate of drug-likeness (QED) is 0.738. The summed E-state index contributed by atoms with van der Waals surface area (Å²) in [5.74, 6) is 0.798. The van der Waals surface area contributed by atoms with E-state index in [0.717, 1.165) is 12.5 Å². The molecule has 13 heavy (non-hydrogen) atoms. The third kappa shape index (κ3) is 2.09. The van der Waals surface area contributed by atoms with Crippen molar-refractivity contribution in [1.29, 1.82) is 0 Å². The smallest absolute Gasteiger partial charge is 0.107 e. The van der Waals surface area contributed by atoms with Crippen molar-refractivity contribution < 1.29 is 0 Å². The summed E-state index contributed by atoms with van der Waals surface area (Å²) < 4.78 is 0. The maximum atomic E-state index is 4.69. The Morgan fingerprint density at radius 3 is 2.69 bits per heavy atom. The van der Waals surface area contributed by atoms with Crippen LogP contribution in [0.5, 0.6) is 0 Å². The first-order valence-corrected chi connectivity index (χ1v) is 5.59. The van der Waals surface area contributed by atoms with Gasteiger partial charge in [0.2, 0.25) is 0 Å². The molecule has 0 spiro atoms. The van der Waals surface area contributed by atoms with Crippen molar-refractivity contribution in [2.75, 3.05) is 14.1 Å². The van der Waals surface area contributed by atoms with Crippen molar-refractivity contribution in [2.24, 2.45) is 0 Å². The second-order valence-electron chi connectivity index (χ2n) is 4.06. The normalized spacial score (nSPS) is 16.9. The van der Waals surface area contributed by atoms with E-state index in [1.807, 2.05) is 11.3 Å². The van der Waals surface area contributed by atoms with E-state index < -0.39 is 0 Å². The van der Waals surface area contributed by atoms with Crippen LogP contribution in [0.2, 0.25) is 0 Å². The lowest BCUT2D eigenvalue weighted by molar-refractivity contribution is 0.401. The van der Waals surface area contributed by atoms with Gasteiger partial charge in [0.05, 0.1) is 5.69 Å². The molecule has 1 heterocycles. The molecule has 1 aromatic heterocycles. The number of hydrogen-bond acceptors (Lipinski definition) is 3. The molecule has 1 fully saturated rings. The van der Waals surface area contributed by atoms with Gasteiger partial charge in [0.15, 0.2) is 0 Å². The van der Waals surface area contributed by atoms with Crippen molar-refractivity contribution >= 4 is 11.3 Å². The van der Waals surface area contributed by atoms with Crippen molar-refractivity contribution in [2.45, 2.75) is 32.2 Å². The summed E-state index contributed by atoms with van der Waals surface area (Å²) in [7, 11) is 4.18. The largest absolute Gasteiger partial charge is 0.303 e. The van der Waals surface area contributed by atoms with Gasteiger partial charge in [0.25, 0.3) is 0 Å². The molecule has 3 heteroatoms. The zero-order valence-electron chi connectivity index (χ0n) is 8.50. The molecule has 2 rings (SSSR count). The average Bonchev–Trinajstić information content (AvgIpc) is 2.77. The summed E-state index contributed by atoms with van der Waals surface area (Å²) in [5, 5.41) is 1.27. The Balaban J connectivity index is 2.14. The van der Waals surface area contributed by atoms with Crippen LogP contribution in [-0.4, -0.2) is 24.0 Å². The zero-order chi connectivity index (χ0) is 9.42. The lowest BCUT2D eigenvalue weighted by atomic mass is 10.3. The summed E-state index contributed by atoms with van der Waals surface area (Å²) in [6.45, 7) is 3.18. The topological polar surface area (TPSA) is 16.1 Å². The molecule has 0 bridgehead atoms. The van der Waals surface area contributed by atoms with Crippen molar-refractivity contribution in [1.82, 2.24) is 9.88 Å². The van der Waals surface area contributed by atoms with Gasteiger partial charge in [-0.2, -0.15) is 0 Å². The fourth-order valence-corrected chi connectivity index (χ4v) is 2.68. The monoisotopic (exact) mass is 196 g/mol. The fourth-order valence-electron chi connectivity index (χ4n) is 1.54. The number of hydrogen-bond donors (Lipinski definition) is 0. The number of rotatable bonds is 3. The molecule has 0 atom stereocenters. The van der Waals surface area contributed by atoms with E-state index in [4.69, 9.17) is 0 Å². The van der Waals surface area contributed by atoms with Gasteiger partial charge in [-0.3, -0.25) is 0 Å². The minimum Gasteiger partial charge on any atom is -0.303 e. The summed E-state index contributed by atoms with van der Waals surface area (Å²) in [4.78, 5) is 8.29. The highest BCUT2D eigenvalue weighted by Crippen LogP contribution is 2.42. The molecule has 0 radical (unpaired) electrons. The molecular formula is C10H16N2S. The maximum Gasteiger partial charge on any atom is 0.107 e. The fraction of sp³-hybridized carbons (Fsp3) is 0.700. The van der Waals surface area contributed by atoms with Gasteiger partial charge in [-0.25, -0.2) is 4.98 Å². The summed E-state index contributed by atoms with van der Waals surface area (Å²) in [5.41, 5.74) is 1.38. The van der Waals surface area contributed by atoms with Crippen LogP contribution in [0.1, 0.15) is 34.3 Å². The van der Waals surface area contributed by atoms with Gasteiger partial charge >= 0.3 is 0 Å². The van der Waals surface area contributed by atoms with Crippen LogP contribution < -0.4 is 0 Å². The van der Waals surface area contributed by atoms with E-state index in [2.05, 4.69) is 30.9 Å². The highest BCUT2D eigenvalue weighted by Gasteiger charge is 2.28. The van der Waals surface area contributed by atoms with Gasteiger partial charge in [-0.1, -0.05) is 0 Å². The number of nitrogens with zero attached hydrogens (tertiary/aromatic N) is 2. The molecule has 0 aliphatic heterocycles. The minimum absolute atomic E-state index is 0.798. The summed E-state index contributed by atoms with van der Waals surface area (Å²) >= 11 is 1.86. The predicted octanol–water partition coefficient (Wildman–Crippen LogP) is 2.39. The van der Waals surface area contributed by atoms with E-state index in [0.29, 0.717) is 0 Å². The van der Waals surface area contributed by atoms with Gasteiger partial charge in [-0.05, 0) is 33.9 Å². The first-order valence-electron chi connectivity index (χ1n) is 4.77. The molecule has 1 aromatic rings. The Morgan fingerprint density at radius 1 is 1.46 bits per heavy atom. The molecule has 1 aliphatic rings. The molecule has 1 aliphatic carbocycles. The minimum atomic E-state index is 0.798. The van der Waals surface area contributed by atoms with E-state index >= 15 is 0 Å². The van der Waals surface area contributed by atoms with Gasteiger partial charge in [-0.15, -0.1) is 11.3 Å². The van der Waals surface area contributed by atoms with Crippen molar-refractivity contribution in [3.8, 4) is 0 Å². The molecule has 0 saturated heterocycles. The number of aromatic nitrogens is 1. The average molecular weight is 196 g/mol. The standard InChI is InChI=1S/C10H16N2S/c1-7-10(8-4-5-8)11-9(13-7)6-12(2)3/h8H,4-6H2,1-3H3. The summed E-state index contributed by atoms with van der Waals surface area (Å²) in [6.07, 6.45) is 2.71. The van der Waals surface area contributed by atoms with Crippen LogP contribution in [0.4, 0.5) is 0 Å². The lowest BCUT2D eigenvalue weighted by Crippen LogP contribution is -2.10. The highest BCUT2D eigenvalue weighted by molar-refractivity contribution is 7.11. The molecule has 0 unspecified atom stereocenters. The molecule has 1 saturated carbocycles. The van der Waals surface area contributed by atoms with Crippen LogP contribution in [0.25, 0.3) is 0 Å². The van der Waals surface area contributed by atoms with Crippen LogP contribution >= 0.6 is 11.3 Å². The van der Waals surface area contributed by atoms with Crippen LogP contribution in [0, 0.1) is 6.92 Å². The number of aryl methyl sites for hydroxylation is 1. The Labute approximate surface area is 83.6 Å². The molecule has 0 N–H and O–H groups in total. The van der Waals surface area contributed by atoms with E-state index in [-0.39, 0.29) is 0 Å². The lowest BCUT2D eigenvalue weighted by Gasteiger charge is -2.04. The Bertz CT molecular complexity index is 300. The molecule has 0 aromatic carbocycles. The Morgan fingerprint density at radius 2 is 2.15 bits per heavy atom. The molecular weight excluding hydrogens is 180 g/mol. The predicted molar refractivity (Wildman–Crippen MR) is 56.2 cm³/mol. The van der Waals surface area contributed by atoms with Gasteiger partial charge < -0.3 is 4.90 Å². The number of thiazole rings is 1.